The second-order valence-electron chi connectivity index (χ2n) is 8.04. The Balaban J connectivity index is 1.50. The molecule has 0 fully saturated rings. The molecule has 2 N–H and O–H groups in total. The Kier molecular flexibility index (Phi) is 8.99. The van der Waals surface area contributed by atoms with E-state index in [1.165, 1.54) is 11.4 Å². The van der Waals surface area contributed by atoms with Crippen LogP contribution in [0, 0.1) is 0 Å². The molecule has 0 heterocycles. The highest BCUT2D eigenvalue weighted by Gasteiger charge is 2.14. The van der Waals surface area contributed by atoms with E-state index in [1.54, 1.807) is 48.5 Å². The van der Waals surface area contributed by atoms with Gasteiger partial charge in [-0.3, -0.25) is 9.59 Å². The molecule has 35 heavy (non-hydrogen) atoms. The highest BCUT2D eigenvalue weighted by atomic mass is 32.2. The summed E-state index contributed by atoms with van der Waals surface area (Å²) in [5.74, 6) is -0.208. The molecular formula is C26H29N3O5S. The molecule has 3 aromatic rings. The van der Waals surface area contributed by atoms with Crippen LogP contribution in [0.15, 0.2) is 78.9 Å². The summed E-state index contributed by atoms with van der Waals surface area (Å²) in [5, 5.41) is 5.61. The van der Waals surface area contributed by atoms with Gasteiger partial charge in [-0.15, -0.1) is 0 Å². The van der Waals surface area contributed by atoms with E-state index in [9.17, 15) is 18.0 Å². The fourth-order valence-electron chi connectivity index (χ4n) is 3.25. The zero-order chi connectivity index (χ0) is 25.3. The van der Waals surface area contributed by atoms with Crippen LogP contribution in [0.5, 0.6) is 5.75 Å². The zero-order valence-corrected chi connectivity index (χ0v) is 20.5. The molecule has 3 rings (SSSR count). The van der Waals surface area contributed by atoms with Gasteiger partial charge in [-0.05, 0) is 41.8 Å². The number of anilines is 1. The molecule has 0 radical (unpaired) electrons. The number of carbonyl (C=O) groups is 2. The van der Waals surface area contributed by atoms with Crippen LogP contribution in [0.2, 0.25) is 0 Å². The van der Waals surface area contributed by atoms with Crippen molar-refractivity contribution in [2.24, 2.45) is 0 Å². The van der Waals surface area contributed by atoms with Crippen molar-refractivity contribution < 1.29 is 22.7 Å². The summed E-state index contributed by atoms with van der Waals surface area (Å²) in [7, 11) is -1.76. The fourth-order valence-corrected chi connectivity index (χ4v) is 3.63. The lowest BCUT2D eigenvalue weighted by Gasteiger charge is -2.14. The van der Waals surface area contributed by atoms with E-state index < -0.39 is 15.9 Å². The first-order valence-electron chi connectivity index (χ1n) is 11.1. The third-order valence-electron chi connectivity index (χ3n) is 5.25. The van der Waals surface area contributed by atoms with Crippen LogP contribution in [-0.2, 0) is 27.8 Å². The number of nitrogens with one attached hydrogen (secondary N) is 2. The Morgan fingerprint density at radius 3 is 2.23 bits per heavy atom. The van der Waals surface area contributed by atoms with E-state index in [-0.39, 0.29) is 19.1 Å². The van der Waals surface area contributed by atoms with E-state index in [1.807, 2.05) is 30.3 Å². The number of hydrogen-bond acceptors (Lipinski definition) is 5. The quantitative estimate of drug-likeness (QED) is 0.425. The van der Waals surface area contributed by atoms with Gasteiger partial charge in [0.1, 0.15) is 5.75 Å². The molecule has 0 spiro atoms. The van der Waals surface area contributed by atoms with Crippen molar-refractivity contribution >= 4 is 27.5 Å². The lowest BCUT2D eigenvalue weighted by atomic mass is 10.1. The van der Waals surface area contributed by atoms with Gasteiger partial charge in [0.25, 0.3) is 11.8 Å². The largest absolute Gasteiger partial charge is 0.484 e. The molecule has 0 saturated heterocycles. The summed E-state index contributed by atoms with van der Waals surface area (Å²) in [4.78, 5) is 25.1. The number of carbonyl (C=O) groups excluding carboxylic acids is 2. The van der Waals surface area contributed by atoms with Crippen molar-refractivity contribution in [1.29, 1.82) is 0 Å². The Hall–Kier alpha value is -3.69. The van der Waals surface area contributed by atoms with Gasteiger partial charge < -0.3 is 15.4 Å². The first-order valence-corrected chi connectivity index (χ1v) is 12.9. The molecule has 184 valence electrons. The van der Waals surface area contributed by atoms with Gasteiger partial charge in [0, 0.05) is 20.1 Å². The maximum atomic E-state index is 12.7. The number of benzene rings is 3. The van der Waals surface area contributed by atoms with E-state index >= 15 is 0 Å². The maximum Gasteiger partial charge on any atom is 0.262 e. The molecule has 0 aliphatic heterocycles. The third-order valence-corrected chi connectivity index (χ3v) is 6.51. The molecule has 0 bridgehead atoms. The van der Waals surface area contributed by atoms with Crippen molar-refractivity contribution in [2.45, 2.75) is 13.0 Å². The second kappa shape index (κ2) is 12.1. The predicted molar refractivity (Wildman–Crippen MR) is 136 cm³/mol. The van der Waals surface area contributed by atoms with Gasteiger partial charge >= 0.3 is 0 Å². The van der Waals surface area contributed by atoms with Crippen molar-refractivity contribution in [3.05, 3.63) is 95.6 Å². The van der Waals surface area contributed by atoms with Gasteiger partial charge in [0.05, 0.1) is 17.5 Å². The molecule has 0 aromatic heterocycles. The van der Waals surface area contributed by atoms with E-state index in [4.69, 9.17) is 4.74 Å². The normalized spacial score (nSPS) is 11.2. The van der Waals surface area contributed by atoms with Crippen molar-refractivity contribution in [3.8, 4) is 5.75 Å². The molecule has 0 unspecified atom stereocenters. The average molecular weight is 496 g/mol. The van der Waals surface area contributed by atoms with Gasteiger partial charge in [-0.2, -0.15) is 0 Å². The second-order valence-corrected chi connectivity index (χ2v) is 10.1. The number of nitrogens with zero attached hydrogens (tertiary/aromatic N) is 1. The van der Waals surface area contributed by atoms with Crippen molar-refractivity contribution in [2.75, 3.05) is 31.8 Å². The Bertz CT molecular complexity index is 1250. The Morgan fingerprint density at radius 2 is 1.54 bits per heavy atom. The summed E-state index contributed by atoms with van der Waals surface area (Å²) < 4.78 is 29.9. The Labute approximate surface area is 206 Å². The molecule has 3 aromatic carbocycles. The van der Waals surface area contributed by atoms with Gasteiger partial charge in [0.2, 0.25) is 10.0 Å². The molecule has 0 saturated carbocycles. The van der Waals surface area contributed by atoms with Crippen molar-refractivity contribution in [3.63, 3.8) is 0 Å². The molecular weight excluding hydrogens is 466 g/mol. The van der Waals surface area contributed by atoms with Crippen LogP contribution >= 0.6 is 0 Å². The topological polar surface area (TPSA) is 105 Å². The zero-order valence-electron chi connectivity index (χ0n) is 19.7. The maximum absolute atomic E-state index is 12.7. The van der Waals surface area contributed by atoms with E-state index in [0.29, 0.717) is 30.0 Å². The molecule has 2 amide bonds. The van der Waals surface area contributed by atoms with Gasteiger partial charge in [0.15, 0.2) is 6.61 Å². The lowest BCUT2D eigenvalue weighted by Crippen LogP contribution is -2.28. The summed E-state index contributed by atoms with van der Waals surface area (Å²) >= 11 is 0. The monoisotopic (exact) mass is 495 g/mol. The van der Waals surface area contributed by atoms with Crippen LogP contribution in [0.3, 0.4) is 0 Å². The average Bonchev–Trinajstić information content (AvgIpc) is 2.84. The highest BCUT2D eigenvalue weighted by molar-refractivity contribution is 7.88. The number of hydrogen-bond donors (Lipinski definition) is 2. The highest BCUT2D eigenvalue weighted by Crippen LogP contribution is 2.17. The number of amides is 2. The van der Waals surface area contributed by atoms with E-state index in [0.717, 1.165) is 17.4 Å². The third kappa shape index (κ3) is 8.24. The van der Waals surface area contributed by atoms with Crippen molar-refractivity contribution in [1.82, 2.24) is 9.62 Å². The predicted octanol–water partition coefficient (Wildman–Crippen LogP) is 3.07. The minimum Gasteiger partial charge on any atom is -0.484 e. The van der Waals surface area contributed by atoms with Crippen LogP contribution in [0.4, 0.5) is 5.69 Å². The first kappa shape index (κ1) is 25.9. The molecule has 0 aliphatic rings. The standard InChI is InChI=1S/C26H29N3O5S/c1-29(35(2,32)33)18-21-12-14-22(15-13-21)34-19-25(30)28-24-11-7-6-10-23(24)26(31)27-17-16-20-8-4-3-5-9-20/h3-15H,16-19H2,1-2H3,(H,27,31)(H,28,30). The molecule has 8 nitrogen and oxygen atoms in total. The van der Waals surface area contributed by atoms with Gasteiger partial charge in [-0.25, -0.2) is 12.7 Å². The van der Waals surface area contributed by atoms with Crippen LogP contribution in [0.25, 0.3) is 0 Å². The smallest absolute Gasteiger partial charge is 0.262 e. The van der Waals surface area contributed by atoms with Crippen LogP contribution in [0.1, 0.15) is 21.5 Å². The Morgan fingerprint density at radius 1 is 0.886 bits per heavy atom. The molecule has 9 heteroatoms. The number of ether oxygens (including phenoxy) is 1. The number of para-hydroxylation sites is 1. The number of sulfonamides is 1. The minimum absolute atomic E-state index is 0.240. The summed E-state index contributed by atoms with van der Waals surface area (Å²) in [6, 6.07) is 23.5. The van der Waals surface area contributed by atoms with Crippen LogP contribution < -0.4 is 15.4 Å². The lowest BCUT2D eigenvalue weighted by molar-refractivity contribution is -0.118. The molecule has 0 aliphatic carbocycles. The first-order chi connectivity index (χ1) is 16.7. The number of rotatable bonds is 11. The minimum atomic E-state index is -3.27. The van der Waals surface area contributed by atoms with E-state index in [2.05, 4.69) is 10.6 Å². The molecule has 0 atom stereocenters. The SMILES string of the molecule is CN(Cc1ccc(OCC(=O)Nc2ccccc2C(=O)NCCc2ccccc2)cc1)S(C)(=O)=O. The summed E-state index contributed by atoms with van der Waals surface area (Å²) in [6.45, 7) is 0.473. The summed E-state index contributed by atoms with van der Waals surface area (Å²) in [5.41, 5.74) is 2.69. The van der Waals surface area contributed by atoms with Gasteiger partial charge in [-0.1, -0.05) is 54.6 Å². The summed E-state index contributed by atoms with van der Waals surface area (Å²) in [6.07, 6.45) is 1.86. The fraction of sp³-hybridized carbons (Fsp3) is 0.231. The van der Waals surface area contributed by atoms with Crippen LogP contribution in [-0.4, -0.2) is 51.0 Å².